The van der Waals surface area contributed by atoms with Crippen LogP contribution in [0, 0.1) is 17.2 Å². The van der Waals surface area contributed by atoms with Crippen LogP contribution < -0.4 is 4.74 Å². The Morgan fingerprint density at radius 2 is 2.03 bits per heavy atom. The average Bonchev–Trinajstić information content (AvgIpc) is 3.22. The number of imidazole rings is 1. The van der Waals surface area contributed by atoms with E-state index in [9.17, 15) is 4.39 Å². The molecule has 5 rings (SSSR count). The van der Waals surface area contributed by atoms with Gasteiger partial charge in [0.1, 0.15) is 17.2 Å². The second-order valence-electron chi connectivity index (χ2n) is 9.57. The number of ether oxygens (including phenoxy) is 2. The van der Waals surface area contributed by atoms with E-state index < -0.39 is 0 Å². The molecule has 2 atom stereocenters. The third-order valence-electron chi connectivity index (χ3n) is 7.28. The van der Waals surface area contributed by atoms with Gasteiger partial charge in [-0.15, -0.1) is 0 Å². The van der Waals surface area contributed by atoms with Crippen molar-refractivity contribution in [2.75, 3.05) is 26.2 Å². The van der Waals surface area contributed by atoms with Crippen molar-refractivity contribution < 1.29 is 13.9 Å². The van der Waals surface area contributed by atoms with E-state index in [2.05, 4.69) is 28.3 Å². The summed E-state index contributed by atoms with van der Waals surface area (Å²) in [7, 11) is 0. The van der Waals surface area contributed by atoms with Gasteiger partial charge in [-0.2, -0.15) is 0 Å². The Kier molecular flexibility index (Phi) is 4.67. The Morgan fingerprint density at radius 1 is 1.21 bits per heavy atom. The molecule has 0 aliphatic carbocycles. The molecule has 0 saturated carbocycles. The van der Waals surface area contributed by atoms with Crippen LogP contribution in [0.3, 0.4) is 0 Å². The highest BCUT2D eigenvalue weighted by Crippen LogP contribution is 2.55. The summed E-state index contributed by atoms with van der Waals surface area (Å²) in [6, 6.07) is 4.81. The molecule has 5 nitrogen and oxygen atoms in total. The number of likely N-dealkylation sites (tertiary alicyclic amines) is 1. The lowest BCUT2D eigenvalue weighted by atomic mass is 9.64. The molecule has 29 heavy (non-hydrogen) atoms. The predicted octanol–water partition coefficient (Wildman–Crippen LogP) is 4.05. The summed E-state index contributed by atoms with van der Waals surface area (Å²) >= 11 is 0. The summed E-state index contributed by atoms with van der Waals surface area (Å²) in [5.74, 6) is 0.784. The van der Waals surface area contributed by atoms with Gasteiger partial charge in [-0.05, 0) is 69.8 Å². The molecule has 0 bridgehead atoms. The Hall–Kier alpha value is -1.92. The molecule has 2 saturated heterocycles. The number of hydrogen-bond acceptors (Lipinski definition) is 4. The second-order valence-corrected chi connectivity index (χ2v) is 9.57. The number of benzene rings is 1. The first-order chi connectivity index (χ1) is 13.9. The topological polar surface area (TPSA) is 39.5 Å². The fourth-order valence-corrected chi connectivity index (χ4v) is 5.40. The van der Waals surface area contributed by atoms with Gasteiger partial charge in [-0.1, -0.05) is 0 Å². The van der Waals surface area contributed by atoms with E-state index in [1.807, 2.05) is 18.7 Å². The average molecular weight is 400 g/mol. The maximum atomic E-state index is 13.9. The van der Waals surface area contributed by atoms with Gasteiger partial charge in [-0.25, -0.2) is 9.37 Å². The Bertz CT molecular complexity index is 859. The number of fused-ring (bicyclic) bond motifs is 3. The van der Waals surface area contributed by atoms with E-state index in [4.69, 9.17) is 9.47 Å². The minimum Gasteiger partial charge on any atom is -0.487 e. The first kappa shape index (κ1) is 19.1. The van der Waals surface area contributed by atoms with Crippen LogP contribution in [0.4, 0.5) is 4.39 Å². The fourth-order valence-electron chi connectivity index (χ4n) is 5.40. The molecule has 2 aromatic rings. The fraction of sp³-hybridized carbons (Fsp3) is 0.609. The van der Waals surface area contributed by atoms with E-state index in [1.54, 1.807) is 12.1 Å². The summed E-state index contributed by atoms with van der Waals surface area (Å²) in [5, 5.41) is 0. The third kappa shape index (κ3) is 3.57. The van der Waals surface area contributed by atoms with Crippen LogP contribution in [0.1, 0.15) is 44.8 Å². The van der Waals surface area contributed by atoms with Gasteiger partial charge in [0.05, 0.1) is 19.0 Å². The number of hydrogen-bond donors (Lipinski definition) is 0. The molecule has 0 unspecified atom stereocenters. The molecule has 0 amide bonds. The summed E-state index contributed by atoms with van der Waals surface area (Å²) in [4.78, 5) is 6.67. The number of nitrogens with zero attached hydrogens (tertiary/aromatic N) is 3. The van der Waals surface area contributed by atoms with E-state index >= 15 is 0 Å². The molecule has 1 aromatic heterocycles. The molecular formula is C23H30FN3O2. The molecule has 0 radical (unpaired) electrons. The number of rotatable bonds is 3. The maximum Gasteiger partial charge on any atom is 0.126 e. The van der Waals surface area contributed by atoms with Crippen molar-refractivity contribution in [1.82, 2.24) is 14.5 Å². The van der Waals surface area contributed by atoms with Gasteiger partial charge in [0, 0.05) is 37.0 Å². The zero-order valence-electron chi connectivity index (χ0n) is 17.3. The zero-order chi connectivity index (χ0) is 20.1. The monoisotopic (exact) mass is 399 g/mol. The Morgan fingerprint density at radius 3 is 2.79 bits per heavy atom. The molecule has 1 aromatic carbocycles. The Balaban J connectivity index is 1.27. The maximum absolute atomic E-state index is 13.9. The van der Waals surface area contributed by atoms with Crippen LogP contribution >= 0.6 is 0 Å². The number of aromatic nitrogens is 2. The Labute approximate surface area is 171 Å². The van der Waals surface area contributed by atoms with Crippen molar-refractivity contribution in [3.8, 4) is 5.75 Å². The van der Waals surface area contributed by atoms with Crippen LogP contribution in [0.25, 0.3) is 0 Å². The van der Waals surface area contributed by atoms with Crippen molar-refractivity contribution in [1.29, 1.82) is 0 Å². The lowest BCUT2D eigenvalue weighted by Crippen LogP contribution is -2.54. The minimum atomic E-state index is -0.318. The summed E-state index contributed by atoms with van der Waals surface area (Å²) in [5.41, 5.74) is 0.765. The van der Waals surface area contributed by atoms with E-state index in [1.165, 1.54) is 6.07 Å². The molecule has 6 heteroatoms. The summed E-state index contributed by atoms with van der Waals surface area (Å²) in [6.07, 6.45) is 9.03. The van der Waals surface area contributed by atoms with E-state index in [0.717, 1.165) is 63.4 Å². The largest absolute Gasteiger partial charge is 0.487 e. The van der Waals surface area contributed by atoms with Crippen molar-refractivity contribution >= 4 is 0 Å². The van der Waals surface area contributed by atoms with Crippen LogP contribution in [-0.4, -0.2) is 46.3 Å². The molecule has 3 aliphatic rings. The highest BCUT2D eigenvalue weighted by molar-refractivity contribution is 5.39. The van der Waals surface area contributed by atoms with Gasteiger partial charge in [0.2, 0.25) is 0 Å². The molecule has 2 fully saturated rings. The van der Waals surface area contributed by atoms with Gasteiger partial charge in [0.15, 0.2) is 0 Å². The van der Waals surface area contributed by atoms with E-state index in [0.29, 0.717) is 0 Å². The van der Waals surface area contributed by atoms with Crippen LogP contribution in [0.15, 0.2) is 36.9 Å². The smallest absolute Gasteiger partial charge is 0.126 e. The first-order valence-electron chi connectivity index (χ1n) is 10.7. The van der Waals surface area contributed by atoms with Gasteiger partial charge < -0.3 is 18.9 Å². The van der Waals surface area contributed by atoms with Crippen LogP contribution in [-0.2, 0) is 11.3 Å². The summed E-state index contributed by atoms with van der Waals surface area (Å²) in [6.45, 7) is 9.30. The van der Waals surface area contributed by atoms with Crippen molar-refractivity contribution in [2.45, 2.75) is 51.4 Å². The van der Waals surface area contributed by atoms with Crippen LogP contribution in [0.2, 0.25) is 0 Å². The lowest BCUT2D eigenvalue weighted by molar-refractivity contribution is -0.174. The first-order valence-corrected chi connectivity index (χ1v) is 10.7. The number of halogens is 1. The molecule has 3 aliphatic heterocycles. The third-order valence-corrected chi connectivity index (χ3v) is 7.28. The van der Waals surface area contributed by atoms with Crippen molar-refractivity contribution in [3.05, 3.63) is 48.3 Å². The molecular weight excluding hydrogens is 369 g/mol. The molecule has 0 N–H and O–H groups in total. The summed E-state index contributed by atoms with van der Waals surface area (Å²) < 4.78 is 28.8. The van der Waals surface area contributed by atoms with Gasteiger partial charge >= 0.3 is 0 Å². The standard InChI is InChI=1S/C23H30FN3O2/c1-22(2)19-14-23(5-8-26(9-6-23)11-12-27-10-7-25-16-27)15-28-21(19)18-13-17(24)3-4-20(18)29-22/h3-4,7,10,13,16,19,21H,5-6,8-9,11-12,14-15H2,1-2H3/t19-,21+/m0/s1. The quantitative estimate of drug-likeness (QED) is 0.781. The molecule has 1 spiro atoms. The van der Waals surface area contributed by atoms with Gasteiger partial charge in [0.25, 0.3) is 0 Å². The minimum absolute atomic E-state index is 0.0747. The lowest BCUT2D eigenvalue weighted by Gasteiger charge is -2.54. The normalized spacial score (nSPS) is 27.8. The van der Waals surface area contributed by atoms with Gasteiger partial charge in [-0.3, -0.25) is 0 Å². The zero-order valence-corrected chi connectivity index (χ0v) is 17.3. The highest BCUT2D eigenvalue weighted by atomic mass is 19.1. The SMILES string of the molecule is CC1(C)Oc2ccc(F)cc2[C@H]2OCC3(CCN(CCn4ccnc4)CC3)C[C@@H]21. The molecule has 4 heterocycles. The van der Waals surface area contributed by atoms with Crippen molar-refractivity contribution in [2.24, 2.45) is 11.3 Å². The predicted molar refractivity (Wildman–Crippen MR) is 108 cm³/mol. The van der Waals surface area contributed by atoms with E-state index in [-0.39, 0.29) is 28.9 Å². The van der Waals surface area contributed by atoms with Crippen LogP contribution in [0.5, 0.6) is 5.75 Å². The second kappa shape index (κ2) is 7.10. The highest BCUT2D eigenvalue weighted by Gasteiger charge is 2.52. The number of piperidine rings is 1. The molecule has 156 valence electrons. The van der Waals surface area contributed by atoms with Crippen molar-refractivity contribution in [3.63, 3.8) is 0 Å².